The molecule has 0 saturated heterocycles. The monoisotopic (exact) mass is 306 g/mol. The maximum atomic E-state index is 11.8. The van der Waals surface area contributed by atoms with E-state index in [1.807, 2.05) is 13.8 Å². The van der Waals surface area contributed by atoms with Gasteiger partial charge in [-0.3, -0.25) is 0 Å². The Morgan fingerprint density at radius 2 is 1.84 bits per heavy atom. The van der Waals surface area contributed by atoms with Crippen LogP contribution in [-0.2, 0) is 22.9 Å². The van der Waals surface area contributed by atoms with Crippen molar-refractivity contribution in [3.05, 3.63) is 11.4 Å². The van der Waals surface area contributed by atoms with Gasteiger partial charge in [-0.25, -0.2) is 18.1 Å². The summed E-state index contributed by atoms with van der Waals surface area (Å²) in [5, 5.41) is 7.78. The molecule has 6 nitrogen and oxygen atoms in total. The molecule has 1 atom stereocenters. The van der Waals surface area contributed by atoms with Crippen molar-refractivity contribution in [2.45, 2.75) is 33.6 Å². The molecule has 0 fully saturated rings. The molecule has 0 amide bonds. The van der Waals surface area contributed by atoms with Crippen LogP contribution in [0.25, 0.3) is 0 Å². The first-order valence-corrected chi connectivity index (χ1v) is 8.39. The molecule has 1 aromatic rings. The first kappa shape index (κ1) is 16.1. The summed E-state index contributed by atoms with van der Waals surface area (Å²) in [6, 6.07) is 0. The second kappa shape index (κ2) is 7.00. The Labute approximate surface area is 119 Å². The molecular formula is C11H19ClN4O2S. The highest BCUT2D eigenvalue weighted by Crippen LogP contribution is 2.10. The van der Waals surface area contributed by atoms with E-state index in [0.29, 0.717) is 6.42 Å². The first-order valence-electron chi connectivity index (χ1n) is 6.20. The molecule has 1 unspecified atom stereocenters. The number of halogens is 1. The Kier molecular flexibility index (Phi) is 5.93. The number of nitrogens with one attached hydrogen (secondary N) is 1. The van der Waals surface area contributed by atoms with Crippen LogP contribution in [0.5, 0.6) is 0 Å². The van der Waals surface area contributed by atoms with Crippen molar-refractivity contribution in [2.24, 2.45) is 5.92 Å². The quantitative estimate of drug-likeness (QED) is 0.774. The lowest BCUT2D eigenvalue weighted by Gasteiger charge is -2.11. The van der Waals surface area contributed by atoms with Crippen LogP contribution in [0.4, 0.5) is 5.95 Å². The molecule has 1 heterocycles. The molecule has 19 heavy (non-hydrogen) atoms. The third kappa shape index (κ3) is 4.91. The number of aromatic nitrogens is 3. The summed E-state index contributed by atoms with van der Waals surface area (Å²) < 4.78 is 26.0. The average Bonchev–Trinajstić information content (AvgIpc) is 2.37. The molecule has 0 aliphatic carbocycles. The van der Waals surface area contributed by atoms with E-state index in [1.54, 1.807) is 6.92 Å². The van der Waals surface area contributed by atoms with Gasteiger partial charge in [0.25, 0.3) is 5.95 Å². The van der Waals surface area contributed by atoms with Crippen LogP contribution in [-0.4, -0.2) is 35.2 Å². The minimum absolute atomic E-state index is 0.0239. The van der Waals surface area contributed by atoms with Gasteiger partial charge < -0.3 is 0 Å². The van der Waals surface area contributed by atoms with E-state index in [9.17, 15) is 8.42 Å². The van der Waals surface area contributed by atoms with Crippen molar-refractivity contribution >= 4 is 27.6 Å². The number of rotatable bonds is 7. The van der Waals surface area contributed by atoms with Gasteiger partial charge in [0.1, 0.15) is 0 Å². The molecule has 0 saturated carbocycles. The maximum Gasteiger partial charge on any atom is 0.256 e. The van der Waals surface area contributed by atoms with E-state index in [1.165, 1.54) is 0 Å². The highest BCUT2D eigenvalue weighted by atomic mass is 35.5. The molecule has 108 valence electrons. The van der Waals surface area contributed by atoms with Gasteiger partial charge in [0.2, 0.25) is 10.0 Å². The number of anilines is 1. The fraction of sp³-hybridized carbons (Fsp3) is 0.727. The molecule has 1 rings (SSSR count). The number of nitrogens with zero attached hydrogens (tertiary/aromatic N) is 3. The summed E-state index contributed by atoms with van der Waals surface area (Å²) in [5.41, 5.74) is 1.56. The Bertz CT molecular complexity index is 521. The normalized spacial score (nSPS) is 13.3. The molecule has 0 bridgehead atoms. The van der Waals surface area contributed by atoms with Crippen molar-refractivity contribution in [2.75, 3.05) is 16.4 Å². The van der Waals surface area contributed by atoms with Gasteiger partial charge >= 0.3 is 0 Å². The molecule has 8 heteroatoms. The smallest absolute Gasteiger partial charge is 0.250 e. The van der Waals surface area contributed by atoms with E-state index in [-0.39, 0.29) is 23.5 Å². The molecule has 1 N–H and O–H groups in total. The second-order valence-corrected chi connectivity index (χ2v) is 6.45. The van der Waals surface area contributed by atoms with Crippen LogP contribution >= 0.6 is 11.6 Å². The summed E-state index contributed by atoms with van der Waals surface area (Å²) in [7, 11) is -3.49. The maximum absolute atomic E-state index is 11.8. The van der Waals surface area contributed by atoms with Gasteiger partial charge in [0, 0.05) is 5.88 Å². The van der Waals surface area contributed by atoms with Crippen molar-refractivity contribution in [1.82, 2.24) is 15.2 Å². The van der Waals surface area contributed by atoms with Crippen molar-refractivity contribution < 1.29 is 8.42 Å². The predicted molar refractivity (Wildman–Crippen MR) is 75.9 cm³/mol. The number of sulfonamides is 1. The van der Waals surface area contributed by atoms with E-state index in [2.05, 4.69) is 19.9 Å². The largest absolute Gasteiger partial charge is 0.256 e. The van der Waals surface area contributed by atoms with Crippen LogP contribution in [0.2, 0.25) is 0 Å². The fourth-order valence-corrected chi connectivity index (χ4v) is 3.13. The number of aryl methyl sites for hydroxylation is 2. The second-order valence-electron chi connectivity index (χ2n) is 4.38. The highest BCUT2D eigenvalue weighted by Gasteiger charge is 2.17. The fourth-order valence-electron chi connectivity index (χ4n) is 1.58. The minimum atomic E-state index is -3.49. The van der Waals surface area contributed by atoms with E-state index in [0.717, 1.165) is 17.8 Å². The Morgan fingerprint density at radius 3 is 2.37 bits per heavy atom. The van der Waals surface area contributed by atoms with Gasteiger partial charge in [-0.1, -0.05) is 20.8 Å². The number of hydrogen-bond donors (Lipinski definition) is 1. The predicted octanol–water partition coefficient (Wildman–Crippen LogP) is 1.61. The molecule has 0 spiro atoms. The summed E-state index contributed by atoms with van der Waals surface area (Å²) in [6.07, 6.45) is 1.41. The zero-order valence-electron chi connectivity index (χ0n) is 11.4. The third-order valence-electron chi connectivity index (χ3n) is 2.52. The molecule has 0 aliphatic heterocycles. The summed E-state index contributed by atoms with van der Waals surface area (Å²) in [6.45, 7) is 5.66. The molecule has 0 aromatic carbocycles. The van der Waals surface area contributed by atoms with Crippen LogP contribution in [0.3, 0.4) is 0 Å². The zero-order valence-corrected chi connectivity index (χ0v) is 12.9. The number of alkyl halides is 1. The van der Waals surface area contributed by atoms with E-state index >= 15 is 0 Å². The SMILES string of the molecule is CCc1nnc(NS(=O)(=O)CC(C)CCl)nc1CC. The van der Waals surface area contributed by atoms with Crippen LogP contribution in [0, 0.1) is 5.92 Å². The summed E-state index contributed by atoms with van der Waals surface area (Å²) in [5.74, 6) is 0.120. The van der Waals surface area contributed by atoms with Gasteiger partial charge in [-0.2, -0.15) is 0 Å². The zero-order chi connectivity index (χ0) is 14.5. The van der Waals surface area contributed by atoms with Crippen molar-refractivity contribution in [1.29, 1.82) is 0 Å². The van der Waals surface area contributed by atoms with Crippen LogP contribution in [0.15, 0.2) is 0 Å². The topological polar surface area (TPSA) is 84.8 Å². The lowest BCUT2D eigenvalue weighted by atomic mass is 10.2. The lowest BCUT2D eigenvalue weighted by molar-refractivity contribution is 0.587. The summed E-state index contributed by atoms with van der Waals surface area (Å²) in [4.78, 5) is 4.18. The van der Waals surface area contributed by atoms with Gasteiger partial charge in [-0.15, -0.1) is 21.8 Å². The molecule has 0 radical (unpaired) electrons. The molecule has 0 aliphatic rings. The van der Waals surface area contributed by atoms with E-state index < -0.39 is 10.0 Å². The van der Waals surface area contributed by atoms with Crippen molar-refractivity contribution in [3.63, 3.8) is 0 Å². The van der Waals surface area contributed by atoms with Gasteiger partial charge in [-0.05, 0) is 18.8 Å². The minimum Gasteiger partial charge on any atom is -0.250 e. The van der Waals surface area contributed by atoms with E-state index in [4.69, 9.17) is 11.6 Å². The van der Waals surface area contributed by atoms with Crippen LogP contribution < -0.4 is 4.72 Å². The molecular weight excluding hydrogens is 288 g/mol. The Balaban J connectivity index is 2.88. The van der Waals surface area contributed by atoms with Crippen molar-refractivity contribution in [3.8, 4) is 0 Å². The first-order chi connectivity index (χ1) is 8.91. The van der Waals surface area contributed by atoms with Gasteiger partial charge in [0.05, 0.1) is 17.1 Å². The average molecular weight is 307 g/mol. The number of hydrogen-bond acceptors (Lipinski definition) is 5. The third-order valence-corrected chi connectivity index (χ3v) is 4.55. The van der Waals surface area contributed by atoms with Gasteiger partial charge in [0.15, 0.2) is 0 Å². The Morgan fingerprint density at radius 1 is 1.21 bits per heavy atom. The summed E-state index contributed by atoms with van der Waals surface area (Å²) >= 11 is 5.61. The Hall–Kier alpha value is -0.950. The highest BCUT2D eigenvalue weighted by molar-refractivity contribution is 7.92. The molecule has 1 aromatic heterocycles. The van der Waals surface area contributed by atoms with Crippen LogP contribution in [0.1, 0.15) is 32.2 Å². The standard InChI is InChI=1S/C11H19ClN4O2S/c1-4-9-10(5-2)14-15-11(13-9)16-19(17,18)7-8(3)6-12/h8H,4-7H2,1-3H3,(H,13,15,16). The lowest BCUT2D eigenvalue weighted by Crippen LogP contribution is -2.24.